The minimum atomic E-state index is -4.07. The van der Waals surface area contributed by atoms with Gasteiger partial charge < -0.3 is 19.1 Å². The number of para-hydroxylation sites is 1. The number of rotatable bonds is 6. The highest BCUT2D eigenvalue weighted by atomic mass is 32.2. The first kappa shape index (κ1) is 24.8. The number of ether oxygens (including phenoxy) is 3. The van der Waals surface area contributed by atoms with Gasteiger partial charge in [-0.05, 0) is 54.6 Å². The minimum Gasteiger partial charge on any atom is -0.497 e. The summed E-state index contributed by atoms with van der Waals surface area (Å²) in [5.74, 6) is 1.13. The van der Waals surface area contributed by atoms with Gasteiger partial charge in [0, 0.05) is 25.1 Å². The molecule has 0 saturated carbocycles. The lowest BCUT2D eigenvalue weighted by Gasteiger charge is -2.45. The van der Waals surface area contributed by atoms with E-state index in [9.17, 15) is 17.9 Å². The van der Waals surface area contributed by atoms with E-state index in [4.69, 9.17) is 14.2 Å². The second kappa shape index (κ2) is 9.21. The van der Waals surface area contributed by atoms with Crippen LogP contribution in [0.25, 0.3) is 0 Å². The molecule has 1 fully saturated rings. The predicted octanol–water partition coefficient (Wildman–Crippen LogP) is 3.30. The average molecular weight is 531 g/mol. The summed E-state index contributed by atoms with van der Waals surface area (Å²) >= 11 is 0. The van der Waals surface area contributed by atoms with Crippen molar-refractivity contribution in [2.24, 2.45) is 0 Å². The van der Waals surface area contributed by atoms with Crippen LogP contribution < -0.4 is 19.1 Å². The first-order valence-electron chi connectivity index (χ1n) is 11.4. The zero-order valence-electron chi connectivity index (χ0n) is 19.9. The van der Waals surface area contributed by atoms with Crippen LogP contribution in [0.4, 0.5) is 5.69 Å². The third kappa shape index (κ3) is 3.90. The zero-order chi connectivity index (χ0) is 25.6. The monoisotopic (exact) mass is 530 g/mol. The van der Waals surface area contributed by atoms with E-state index in [2.05, 4.69) is 0 Å². The lowest BCUT2D eigenvalue weighted by Crippen LogP contribution is -2.50. The summed E-state index contributed by atoms with van der Waals surface area (Å²) in [7, 11) is -4.92. The third-order valence-electron chi connectivity index (χ3n) is 6.69. The largest absolute Gasteiger partial charge is 0.497 e. The molecule has 0 aliphatic carbocycles. The molecule has 0 bridgehead atoms. The van der Waals surface area contributed by atoms with Crippen molar-refractivity contribution in [3.05, 3.63) is 78.4 Å². The van der Waals surface area contributed by atoms with Crippen LogP contribution in [0, 0.1) is 0 Å². The van der Waals surface area contributed by atoms with Crippen LogP contribution in [0.15, 0.2) is 77.7 Å². The fourth-order valence-corrected chi connectivity index (χ4v) is 8.26. The second-order valence-corrected chi connectivity index (χ2v) is 12.5. The van der Waals surface area contributed by atoms with E-state index >= 15 is 0 Å². The van der Waals surface area contributed by atoms with Gasteiger partial charge in [-0.3, -0.25) is 8.87 Å². The Hall–Kier alpha value is -2.88. The lowest BCUT2D eigenvalue weighted by atomic mass is 9.94. The second-order valence-electron chi connectivity index (χ2n) is 8.52. The fraction of sp³-hybridized carbons (Fsp3) is 0.280. The SMILES string of the molecule is COc1ccc(P(=O)(O)N2CCOC23CCN(S(=O)(=O)c2ccc(OC)cc2)c2ccccc23)cc1. The normalized spacial score (nSPS) is 21.7. The van der Waals surface area contributed by atoms with Gasteiger partial charge in [-0.25, -0.2) is 8.42 Å². The first-order chi connectivity index (χ1) is 17.2. The quantitative estimate of drug-likeness (QED) is 0.484. The number of fused-ring (bicyclic) bond motifs is 2. The smallest absolute Gasteiger partial charge is 0.302 e. The Kier molecular flexibility index (Phi) is 6.34. The van der Waals surface area contributed by atoms with Gasteiger partial charge in [-0.15, -0.1) is 0 Å². The molecule has 2 heterocycles. The molecule has 0 radical (unpaired) electrons. The van der Waals surface area contributed by atoms with Crippen molar-refractivity contribution < 1.29 is 32.1 Å². The number of hydrogen-bond donors (Lipinski definition) is 1. The van der Waals surface area contributed by atoms with Crippen molar-refractivity contribution in [1.29, 1.82) is 0 Å². The molecule has 2 aliphatic heterocycles. The number of benzene rings is 3. The molecule has 5 rings (SSSR count). The molecule has 36 heavy (non-hydrogen) atoms. The van der Waals surface area contributed by atoms with Crippen molar-refractivity contribution in [3.8, 4) is 11.5 Å². The van der Waals surface area contributed by atoms with Crippen LogP contribution in [0.2, 0.25) is 0 Å². The molecule has 9 nitrogen and oxygen atoms in total. The van der Waals surface area contributed by atoms with Crippen LogP contribution in [0.1, 0.15) is 12.0 Å². The number of hydrogen-bond acceptors (Lipinski definition) is 6. The molecular formula is C25H27N2O7PS. The summed E-state index contributed by atoms with van der Waals surface area (Å²) in [5.41, 5.74) is -0.290. The van der Waals surface area contributed by atoms with E-state index in [1.165, 1.54) is 35.3 Å². The molecular weight excluding hydrogens is 503 g/mol. The predicted molar refractivity (Wildman–Crippen MR) is 135 cm³/mol. The van der Waals surface area contributed by atoms with Crippen molar-refractivity contribution in [3.63, 3.8) is 0 Å². The third-order valence-corrected chi connectivity index (χ3v) is 10.7. The van der Waals surface area contributed by atoms with Crippen LogP contribution in [-0.2, 0) is 25.1 Å². The van der Waals surface area contributed by atoms with Gasteiger partial charge in [0.2, 0.25) is 0 Å². The number of methoxy groups -OCH3 is 2. The van der Waals surface area contributed by atoms with Gasteiger partial charge in [-0.2, -0.15) is 4.67 Å². The maximum Gasteiger partial charge on any atom is 0.302 e. The average Bonchev–Trinajstić information content (AvgIpc) is 3.34. The van der Waals surface area contributed by atoms with E-state index < -0.39 is 23.3 Å². The Morgan fingerprint density at radius 1 is 0.917 bits per heavy atom. The van der Waals surface area contributed by atoms with Crippen molar-refractivity contribution >= 4 is 28.5 Å². The van der Waals surface area contributed by atoms with E-state index in [1.807, 2.05) is 0 Å². The van der Waals surface area contributed by atoms with Crippen LogP contribution >= 0.6 is 7.52 Å². The molecule has 1 saturated heterocycles. The fourth-order valence-electron chi connectivity index (χ4n) is 4.90. The zero-order valence-corrected chi connectivity index (χ0v) is 21.6. The van der Waals surface area contributed by atoms with Crippen molar-refractivity contribution in [1.82, 2.24) is 4.67 Å². The highest BCUT2D eigenvalue weighted by molar-refractivity contribution is 7.92. The van der Waals surface area contributed by atoms with Gasteiger partial charge >= 0.3 is 7.52 Å². The van der Waals surface area contributed by atoms with E-state index in [0.717, 1.165) is 0 Å². The summed E-state index contributed by atoms with van der Waals surface area (Å²) in [4.78, 5) is 11.5. The lowest BCUT2D eigenvalue weighted by molar-refractivity contribution is -0.0654. The molecule has 190 valence electrons. The molecule has 2 atom stereocenters. The van der Waals surface area contributed by atoms with Crippen LogP contribution in [0.3, 0.4) is 0 Å². The Labute approximate surface area is 210 Å². The molecule has 1 spiro atoms. The number of nitrogens with zero attached hydrogens (tertiary/aromatic N) is 2. The molecule has 1 N–H and O–H groups in total. The summed E-state index contributed by atoms with van der Waals surface area (Å²) in [6.45, 7) is 0.532. The maximum atomic E-state index is 13.9. The summed E-state index contributed by atoms with van der Waals surface area (Å²) < 4.78 is 60.5. The maximum absolute atomic E-state index is 13.9. The Morgan fingerprint density at radius 2 is 1.53 bits per heavy atom. The molecule has 0 aromatic heterocycles. The van der Waals surface area contributed by atoms with E-state index in [-0.39, 0.29) is 36.3 Å². The van der Waals surface area contributed by atoms with Gasteiger partial charge in [-0.1, -0.05) is 18.2 Å². The molecule has 3 aromatic rings. The highest BCUT2D eigenvalue weighted by Gasteiger charge is 2.55. The van der Waals surface area contributed by atoms with Crippen LogP contribution in [0.5, 0.6) is 11.5 Å². The topological polar surface area (TPSA) is 106 Å². The Balaban J connectivity index is 1.56. The Morgan fingerprint density at radius 3 is 2.17 bits per heavy atom. The van der Waals surface area contributed by atoms with Crippen LogP contribution in [-0.4, -0.2) is 51.9 Å². The van der Waals surface area contributed by atoms with Gasteiger partial charge in [0.15, 0.2) is 5.72 Å². The number of sulfonamides is 1. The standard InChI is InChI=1S/C25H27N2O7PS/c1-32-19-7-11-21(12-8-19)35(28,29)27-17-18-34-25(27)15-16-26(24-6-4-3-5-23(24)25)36(30,31)22-13-9-20(33-2)10-14-22/h3-14H,15-18H2,1-2H3,(H,28,29). The molecule has 3 aromatic carbocycles. The first-order valence-corrected chi connectivity index (χ1v) is 14.4. The summed E-state index contributed by atoms with van der Waals surface area (Å²) in [6.07, 6.45) is 0.181. The molecule has 2 aliphatic rings. The highest BCUT2D eigenvalue weighted by Crippen LogP contribution is 2.58. The van der Waals surface area contributed by atoms with Gasteiger partial charge in [0.1, 0.15) is 11.5 Å². The minimum absolute atomic E-state index is 0.0739. The molecule has 11 heteroatoms. The number of anilines is 1. The van der Waals surface area contributed by atoms with Crippen molar-refractivity contribution in [2.45, 2.75) is 17.0 Å². The van der Waals surface area contributed by atoms with E-state index in [1.54, 1.807) is 60.7 Å². The van der Waals surface area contributed by atoms with Crippen molar-refractivity contribution in [2.75, 3.05) is 38.2 Å². The van der Waals surface area contributed by atoms with E-state index in [0.29, 0.717) is 22.7 Å². The van der Waals surface area contributed by atoms with Gasteiger partial charge in [0.25, 0.3) is 10.0 Å². The molecule has 2 unspecified atom stereocenters. The van der Waals surface area contributed by atoms with Gasteiger partial charge in [0.05, 0.1) is 36.7 Å². The summed E-state index contributed by atoms with van der Waals surface area (Å²) in [6, 6.07) is 19.6. The summed E-state index contributed by atoms with van der Waals surface area (Å²) in [5, 5.41) is 0.249. The Bertz CT molecular complexity index is 1410. The molecule has 0 amide bonds.